The highest BCUT2D eigenvalue weighted by molar-refractivity contribution is 7.09. The largest absolute Gasteiger partial charge is 0.342 e. The number of aryl methyl sites for hydroxylation is 1. The van der Waals surface area contributed by atoms with Gasteiger partial charge < -0.3 is 10.2 Å². The molecule has 0 unspecified atom stereocenters. The molecule has 1 N–H and O–H groups in total. The maximum absolute atomic E-state index is 12.8. The van der Waals surface area contributed by atoms with Gasteiger partial charge in [0, 0.05) is 37.0 Å². The lowest BCUT2D eigenvalue weighted by Crippen LogP contribution is -2.56. The van der Waals surface area contributed by atoms with Crippen molar-refractivity contribution in [2.45, 2.75) is 52.0 Å². The van der Waals surface area contributed by atoms with Crippen LogP contribution in [0.5, 0.6) is 0 Å². The fourth-order valence-corrected chi connectivity index (χ4v) is 3.48. The van der Waals surface area contributed by atoms with Gasteiger partial charge in [0.25, 0.3) is 0 Å². The van der Waals surface area contributed by atoms with Gasteiger partial charge in [-0.05, 0) is 19.8 Å². The number of amides is 2. The van der Waals surface area contributed by atoms with Crippen molar-refractivity contribution in [2.75, 3.05) is 13.1 Å². The molecule has 5 nitrogen and oxygen atoms in total. The number of hydrogen-bond acceptors (Lipinski definition) is 4. The first-order valence-electron chi connectivity index (χ1n) is 7.52. The van der Waals surface area contributed by atoms with E-state index in [0.29, 0.717) is 32.4 Å². The molecule has 21 heavy (non-hydrogen) atoms. The van der Waals surface area contributed by atoms with Crippen molar-refractivity contribution in [3.63, 3.8) is 0 Å². The molecule has 0 saturated carbocycles. The highest BCUT2D eigenvalue weighted by Gasteiger charge is 2.41. The monoisotopic (exact) mass is 309 g/mol. The predicted octanol–water partition coefficient (Wildman–Crippen LogP) is 1.90. The smallest absolute Gasteiger partial charge is 0.248 e. The van der Waals surface area contributed by atoms with E-state index >= 15 is 0 Å². The summed E-state index contributed by atoms with van der Waals surface area (Å²) in [5.74, 6) is 0.0197. The summed E-state index contributed by atoms with van der Waals surface area (Å²) in [5, 5.41) is 6.00. The Morgan fingerprint density at radius 1 is 1.38 bits per heavy atom. The summed E-state index contributed by atoms with van der Waals surface area (Å²) in [4.78, 5) is 30.9. The van der Waals surface area contributed by atoms with E-state index in [9.17, 15) is 9.59 Å². The fraction of sp³-hybridized carbons (Fsp3) is 0.667. The van der Waals surface area contributed by atoms with Gasteiger partial charge in [0.2, 0.25) is 11.8 Å². The van der Waals surface area contributed by atoms with Crippen LogP contribution in [0.1, 0.15) is 43.8 Å². The van der Waals surface area contributed by atoms with Crippen molar-refractivity contribution < 1.29 is 9.59 Å². The number of nitrogens with one attached hydrogen (secondary N) is 1. The molecule has 1 aromatic rings. The molecule has 2 amide bonds. The summed E-state index contributed by atoms with van der Waals surface area (Å²) in [6, 6.07) is 0. The zero-order valence-electron chi connectivity index (χ0n) is 12.9. The Kier molecular flexibility index (Phi) is 4.98. The molecule has 0 aliphatic carbocycles. The Morgan fingerprint density at radius 3 is 2.67 bits per heavy atom. The second kappa shape index (κ2) is 6.56. The molecule has 0 radical (unpaired) electrons. The third kappa shape index (κ3) is 3.43. The van der Waals surface area contributed by atoms with Gasteiger partial charge >= 0.3 is 0 Å². The van der Waals surface area contributed by atoms with Gasteiger partial charge in [-0.3, -0.25) is 9.59 Å². The molecule has 2 rings (SSSR count). The number of aromatic nitrogens is 1. The zero-order chi connectivity index (χ0) is 15.5. The van der Waals surface area contributed by atoms with Crippen molar-refractivity contribution >= 4 is 23.2 Å². The molecule has 1 aliphatic rings. The SMILES string of the molecule is CCC1(CC)NC(=O)CCN(CCc2nc(C)cs2)C1=O. The zero-order valence-corrected chi connectivity index (χ0v) is 13.8. The van der Waals surface area contributed by atoms with E-state index in [4.69, 9.17) is 0 Å². The average Bonchev–Trinajstić information content (AvgIpc) is 2.84. The Morgan fingerprint density at radius 2 is 2.10 bits per heavy atom. The van der Waals surface area contributed by atoms with Gasteiger partial charge in [0.15, 0.2) is 0 Å². The summed E-state index contributed by atoms with van der Waals surface area (Å²) >= 11 is 1.62. The standard InChI is InChI=1S/C15H23N3O2S/c1-4-15(5-2)14(20)18(8-6-12(19)17-15)9-7-13-16-11(3)10-21-13/h10H,4-9H2,1-3H3,(H,17,19). The quantitative estimate of drug-likeness (QED) is 0.903. The van der Waals surface area contributed by atoms with Crippen molar-refractivity contribution in [3.05, 3.63) is 16.1 Å². The number of carbonyl (C=O) groups excluding carboxylic acids is 2. The minimum atomic E-state index is -0.730. The van der Waals surface area contributed by atoms with E-state index in [1.165, 1.54) is 0 Å². The Balaban J connectivity index is 2.10. The molecule has 1 fully saturated rings. The van der Waals surface area contributed by atoms with Crippen LogP contribution >= 0.6 is 11.3 Å². The topological polar surface area (TPSA) is 62.3 Å². The lowest BCUT2D eigenvalue weighted by molar-refractivity contribution is -0.139. The van der Waals surface area contributed by atoms with Crippen LogP contribution in [0.2, 0.25) is 0 Å². The molecule has 116 valence electrons. The van der Waals surface area contributed by atoms with Crippen LogP contribution in [0.25, 0.3) is 0 Å². The van der Waals surface area contributed by atoms with Gasteiger partial charge in [0.05, 0.1) is 5.01 Å². The van der Waals surface area contributed by atoms with Crippen LogP contribution < -0.4 is 5.32 Å². The molecule has 6 heteroatoms. The molecular formula is C15H23N3O2S. The Hall–Kier alpha value is -1.43. The maximum atomic E-state index is 12.8. The minimum Gasteiger partial charge on any atom is -0.342 e. The Labute approximate surface area is 129 Å². The molecule has 1 aliphatic heterocycles. The average molecular weight is 309 g/mol. The van der Waals surface area contributed by atoms with E-state index < -0.39 is 5.54 Å². The predicted molar refractivity (Wildman–Crippen MR) is 83.2 cm³/mol. The van der Waals surface area contributed by atoms with Crippen LogP contribution in [0.15, 0.2) is 5.38 Å². The number of carbonyl (C=O) groups is 2. The normalized spacial score (nSPS) is 18.5. The van der Waals surface area contributed by atoms with Crippen molar-refractivity contribution in [2.24, 2.45) is 0 Å². The van der Waals surface area contributed by atoms with Gasteiger partial charge in [0.1, 0.15) is 5.54 Å². The first kappa shape index (κ1) is 15.9. The van der Waals surface area contributed by atoms with Gasteiger partial charge in [-0.1, -0.05) is 13.8 Å². The lowest BCUT2D eigenvalue weighted by Gasteiger charge is -2.33. The third-order valence-electron chi connectivity index (χ3n) is 4.15. The molecule has 1 aromatic heterocycles. The first-order valence-corrected chi connectivity index (χ1v) is 8.40. The van der Waals surface area contributed by atoms with E-state index in [2.05, 4.69) is 10.3 Å². The first-order chi connectivity index (χ1) is 10.0. The highest BCUT2D eigenvalue weighted by Crippen LogP contribution is 2.22. The summed E-state index contributed by atoms with van der Waals surface area (Å²) in [5.41, 5.74) is 0.289. The molecular weight excluding hydrogens is 286 g/mol. The molecule has 0 spiro atoms. The Bertz CT molecular complexity index is 523. The summed E-state index contributed by atoms with van der Waals surface area (Å²) in [6.45, 7) is 7.00. The summed E-state index contributed by atoms with van der Waals surface area (Å²) < 4.78 is 0. The fourth-order valence-electron chi connectivity index (χ4n) is 2.71. The molecule has 0 bridgehead atoms. The van der Waals surface area contributed by atoms with Crippen LogP contribution in [0, 0.1) is 6.92 Å². The minimum absolute atomic E-state index is 0.0281. The van der Waals surface area contributed by atoms with Gasteiger partial charge in [-0.15, -0.1) is 11.3 Å². The molecule has 0 atom stereocenters. The summed E-state index contributed by atoms with van der Waals surface area (Å²) in [7, 11) is 0. The van der Waals surface area contributed by atoms with Crippen LogP contribution in [-0.4, -0.2) is 40.3 Å². The number of nitrogens with zero attached hydrogens (tertiary/aromatic N) is 2. The third-order valence-corrected chi connectivity index (χ3v) is 5.18. The van der Waals surface area contributed by atoms with Crippen molar-refractivity contribution in [1.29, 1.82) is 0 Å². The molecule has 1 saturated heterocycles. The molecule has 0 aromatic carbocycles. The van der Waals surface area contributed by atoms with E-state index in [-0.39, 0.29) is 11.8 Å². The second-order valence-corrected chi connectivity index (χ2v) is 6.45. The van der Waals surface area contributed by atoms with E-state index in [0.717, 1.165) is 17.1 Å². The van der Waals surface area contributed by atoms with E-state index in [1.807, 2.05) is 31.1 Å². The van der Waals surface area contributed by atoms with Crippen molar-refractivity contribution in [3.8, 4) is 0 Å². The molecule has 2 heterocycles. The summed E-state index contributed by atoms with van der Waals surface area (Å²) in [6.07, 6.45) is 2.38. The van der Waals surface area contributed by atoms with Crippen LogP contribution in [-0.2, 0) is 16.0 Å². The highest BCUT2D eigenvalue weighted by atomic mass is 32.1. The van der Waals surface area contributed by atoms with Gasteiger partial charge in [-0.25, -0.2) is 4.98 Å². The van der Waals surface area contributed by atoms with Crippen LogP contribution in [0.4, 0.5) is 0 Å². The second-order valence-electron chi connectivity index (χ2n) is 5.51. The van der Waals surface area contributed by atoms with E-state index in [1.54, 1.807) is 11.3 Å². The number of thiazole rings is 1. The van der Waals surface area contributed by atoms with Crippen molar-refractivity contribution in [1.82, 2.24) is 15.2 Å². The lowest BCUT2D eigenvalue weighted by atomic mass is 9.91. The maximum Gasteiger partial charge on any atom is 0.248 e. The number of rotatable bonds is 5. The van der Waals surface area contributed by atoms with Crippen LogP contribution in [0.3, 0.4) is 0 Å². The van der Waals surface area contributed by atoms with Gasteiger partial charge in [-0.2, -0.15) is 0 Å². The number of hydrogen-bond donors (Lipinski definition) is 1.